The smallest absolute Gasteiger partial charge is 0.159 e. The van der Waals surface area contributed by atoms with Crippen LogP contribution in [0.15, 0.2) is 185 Å². The van der Waals surface area contributed by atoms with Gasteiger partial charge in [-0.15, -0.1) is 11.3 Å². The number of hydrogen-bond donors (Lipinski definition) is 0. The molecule has 0 atom stereocenters. The molecule has 4 heteroatoms. The molecule has 278 valence electrons. The van der Waals surface area contributed by atoms with Crippen LogP contribution in [0.4, 0.5) is 17.1 Å². The van der Waals surface area contributed by atoms with E-state index in [0.29, 0.717) is 0 Å². The number of nitrogens with zero attached hydrogens (tertiary/aromatic N) is 1. The molecule has 0 aliphatic heterocycles. The minimum absolute atomic E-state index is 0.160. The van der Waals surface area contributed by atoms with Gasteiger partial charge in [-0.1, -0.05) is 147 Å². The fourth-order valence-corrected chi connectivity index (χ4v) is 11.4. The Balaban J connectivity index is 1.14. The van der Waals surface area contributed by atoms with Crippen LogP contribution in [0.2, 0.25) is 0 Å². The van der Waals surface area contributed by atoms with Crippen LogP contribution in [0.25, 0.3) is 97.1 Å². The molecule has 12 aromatic rings. The van der Waals surface area contributed by atoms with Crippen LogP contribution in [-0.2, 0) is 5.41 Å². The zero-order valence-corrected chi connectivity index (χ0v) is 33.2. The van der Waals surface area contributed by atoms with Gasteiger partial charge in [0.2, 0.25) is 0 Å². The Labute approximate surface area is 344 Å². The summed E-state index contributed by atoms with van der Waals surface area (Å²) in [5.74, 6) is 0. The predicted molar refractivity (Wildman–Crippen MR) is 249 cm³/mol. The van der Waals surface area contributed by atoms with E-state index < -0.39 is 0 Å². The van der Waals surface area contributed by atoms with Gasteiger partial charge in [-0.3, -0.25) is 0 Å². The summed E-state index contributed by atoms with van der Waals surface area (Å²) in [6, 6.07) is 63.7. The molecule has 13 rings (SSSR count). The molecule has 0 fully saturated rings. The first-order valence-corrected chi connectivity index (χ1v) is 21.1. The van der Waals surface area contributed by atoms with Crippen LogP contribution in [0.5, 0.6) is 0 Å². The molecule has 0 unspecified atom stereocenters. The average molecular weight is 774 g/mol. The summed E-state index contributed by atoms with van der Waals surface area (Å²) in [4.78, 5) is 2.44. The molecule has 59 heavy (non-hydrogen) atoms. The Morgan fingerprint density at radius 2 is 1.14 bits per heavy atom. The highest BCUT2D eigenvalue weighted by atomic mass is 32.1. The Morgan fingerprint density at radius 1 is 0.458 bits per heavy atom. The summed E-state index contributed by atoms with van der Waals surface area (Å²) in [5, 5.41) is 9.11. The molecule has 1 aliphatic carbocycles. The standard InChI is InChI=1S/C55H35NO2S/c1-55(2)43-23-8-5-17-35(43)36-29-28-33(30-44(36)55)56(46-25-13-22-40-37-18-7-10-27-49(37)59-54(40)46)45-24-12-21-39-42-31-48-50(41-19-6-9-26-47(41)57-48)51(53(42)58-52(39)45)38-20-11-15-32-14-3-4-16-34(32)38/h3-31H,1-2H3. The van der Waals surface area contributed by atoms with Crippen molar-refractivity contribution in [2.45, 2.75) is 19.3 Å². The summed E-state index contributed by atoms with van der Waals surface area (Å²) in [5.41, 5.74) is 13.9. The quantitative estimate of drug-likeness (QED) is 0.178. The van der Waals surface area contributed by atoms with Gasteiger partial charge in [0.05, 0.1) is 16.1 Å². The minimum atomic E-state index is -0.160. The van der Waals surface area contributed by atoms with Gasteiger partial charge in [-0.25, -0.2) is 0 Å². The predicted octanol–water partition coefficient (Wildman–Crippen LogP) is 16.4. The van der Waals surface area contributed by atoms with Crippen molar-refractivity contribution in [2.24, 2.45) is 0 Å². The first kappa shape index (κ1) is 32.9. The van der Waals surface area contributed by atoms with E-state index in [1.807, 2.05) is 17.4 Å². The molecule has 0 saturated carbocycles. The maximum absolute atomic E-state index is 7.44. The molecular formula is C55H35NO2S. The first-order valence-electron chi connectivity index (χ1n) is 20.3. The summed E-state index contributed by atoms with van der Waals surface area (Å²) in [6.45, 7) is 4.71. The van der Waals surface area contributed by atoms with Gasteiger partial charge in [0, 0.05) is 53.7 Å². The lowest BCUT2D eigenvalue weighted by Gasteiger charge is -2.28. The molecule has 0 saturated heterocycles. The average Bonchev–Trinajstić information content (AvgIpc) is 4.02. The third-order valence-corrected chi connectivity index (χ3v) is 14.1. The zero-order valence-electron chi connectivity index (χ0n) is 32.4. The topological polar surface area (TPSA) is 29.5 Å². The maximum atomic E-state index is 7.44. The number of furan rings is 2. The Hall–Kier alpha value is -7.14. The molecule has 0 N–H and O–H groups in total. The zero-order chi connectivity index (χ0) is 39.0. The van der Waals surface area contributed by atoms with Crippen molar-refractivity contribution in [1.29, 1.82) is 0 Å². The van der Waals surface area contributed by atoms with E-state index in [2.05, 4.69) is 189 Å². The first-order chi connectivity index (χ1) is 29.0. The molecule has 0 radical (unpaired) electrons. The van der Waals surface area contributed by atoms with E-state index in [4.69, 9.17) is 8.83 Å². The summed E-state index contributed by atoms with van der Waals surface area (Å²) < 4.78 is 16.6. The monoisotopic (exact) mass is 773 g/mol. The Morgan fingerprint density at radius 3 is 2.05 bits per heavy atom. The number of hydrogen-bond acceptors (Lipinski definition) is 4. The van der Waals surface area contributed by atoms with E-state index in [-0.39, 0.29) is 5.41 Å². The van der Waals surface area contributed by atoms with Gasteiger partial charge in [0.25, 0.3) is 0 Å². The molecule has 3 nitrogen and oxygen atoms in total. The van der Waals surface area contributed by atoms with E-state index in [1.165, 1.54) is 53.2 Å². The number of benzene rings is 9. The fourth-order valence-electron chi connectivity index (χ4n) is 10.1. The van der Waals surface area contributed by atoms with E-state index >= 15 is 0 Å². The Kier molecular flexibility index (Phi) is 6.66. The van der Waals surface area contributed by atoms with Crippen LogP contribution < -0.4 is 4.90 Å². The van der Waals surface area contributed by atoms with Gasteiger partial charge < -0.3 is 13.7 Å². The lowest BCUT2D eigenvalue weighted by molar-refractivity contribution is 0.660. The minimum Gasteiger partial charge on any atom is -0.456 e. The van der Waals surface area contributed by atoms with Crippen molar-refractivity contribution < 1.29 is 8.83 Å². The molecule has 3 heterocycles. The molecular weight excluding hydrogens is 739 g/mol. The van der Waals surface area contributed by atoms with Gasteiger partial charge >= 0.3 is 0 Å². The van der Waals surface area contributed by atoms with Gasteiger partial charge in [-0.2, -0.15) is 0 Å². The van der Waals surface area contributed by atoms with Crippen molar-refractivity contribution in [2.75, 3.05) is 4.90 Å². The van der Waals surface area contributed by atoms with E-state index in [0.717, 1.165) is 72.1 Å². The maximum Gasteiger partial charge on any atom is 0.159 e. The highest BCUT2D eigenvalue weighted by Gasteiger charge is 2.36. The largest absolute Gasteiger partial charge is 0.456 e. The second-order valence-corrected chi connectivity index (χ2v) is 17.4. The molecule has 3 aromatic heterocycles. The second-order valence-electron chi connectivity index (χ2n) is 16.4. The molecule has 0 amide bonds. The summed E-state index contributed by atoms with van der Waals surface area (Å²) >= 11 is 1.85. The number of rotatable bonds is 4. The highest BCUT2D eigenvalue weighted by molar-refractivity contribution is 7.26. The molecule has 1 aliphatic rings. The van der Waals surface area contributed by atoms with Gasteiger partial charge in [0.15, 0.2) is 5.58 Å². The van der Waals surface area contributed by atoms with Crippen molar-refractivity contribution >= 4 is 103 Å². The third kappa shape index (κ3) is 4.52. The van der Waals surface area contributed by atoms with Crippen LogP contribution in [0, 0.1) is 0 Å². The third-order valence-electron chi connectivity index (χ3n) is 12.9. The normalized spacial score (nSPS) is 13.4. The molecule has 9 aromatic carbocycles. The summed E-state index contributed by atoms with van der Waals surface area (Å²) in [6.07, 6.45) is 0. The SMILES string of the molecule is CC1(C)c2ccccc2-c2ccc(N(c3cccc4c3oc3c(-c5cccc6ccccc56)c5c(cc34)oc3ccccc35)c3cccc4c3sc3ccccc34)cc21. The van der Waals surface area contributed by atoms with Crippen LogP contribution in [0.3, 0.4) is 0 Å². The number of anilines is 3. The number of thiophene rings is 1. The fraction of sp³-hybridized carbons (Fsp3) is 0.0545. The van der Waals surface area contributed by atoms with Crippen molar-refractivity contribution in [3.8, 4) is 22.3 Å². The van der Waals surface area contributed by atoms with Crippen molar-refractivity contribution in [3.05, 3.63) is 187 Å². The van der Waals surface area contributed by atoms with Crippen molar-refractivity contribution in [1.82, 2.24) is 0 Å². The summed E-state index contributed by atoms with van der Waals surface area (Å²) in [7, 11) is 0. The van der Waals surface area contributed by atoms with Crippen molar-refractivity contribution in [3.63, 3.8) is 0 Å². The lowest BCUT2D eigenvalue weighted by Crippen LogP contribution is -2.16. The lowest BCUT2D eigenvalue weighted by atomic mass is 9.82. The second kappa shape index (κ2) is 12.0. The van der Waals surface area contributed by atoms with Gasteiger partial charge in [0.1, 0.15) is 16.7 Å². The molecule has 0 bridgehead atoms. The highest BCUT2D eigenvalue weighted by Crippen LogP contribution is 2.54. The Bertz CT molecular complexity index is 3720. The van der Waals surface area contributed by atoms with Crippen LogP contribution in [-0.4, -0.2) is 0 Å². The van der Waals surface area contributed by atoms with E-state index in [9.17, 15) is 0 Å². The van der Waals surface area contributed by atoms with E-state index in [1.54, 1.807) is 0 Å². The number of para-hydroxylation sites is 2. The van der Waals surface area contributed by atoms with Gasteiger partial charge in [-0.05, 0) is 81.1 Å². The van der Waals surface area contributed by atoms with Crippen LogP contribution >= 0.6 is 11.3 Å². The van der Waals surface area contributed by atoms with Crippen LogP contribution in [0.1, 0.15) is 25.0 Å². The number of fused-ring (bicyclic) bond motifs is 13. The molecule has 0 spiro atoms.